The van der Waals surface area contributed by atoms with Gasteiger partial charge in [0.1, 0.15) is 5.69 Å². The number of amides is 1. The van der Waals surface area contributed by atoms with Crippen molar-refractivity contribution in [3.63, 3.8) is 0 Å². The highest BCUT2D eigenvalue weighted by molar-refractivity contribution is 5.92. The summed E-state index contributed by atoms with van der Waals surface area (Å²) in [5.74, 6) is 1.35. The second-order valence-electron chi connectivity index (χ2n) is 7.17. The Kier molecular flexibility index (Phi) is 5.86. The molecule has 3 rings (SSSR count). The minimum atomic E-state index is 0.0272. The molecule has 1 aromatic carbocycles. The van der Waals surface area contributed by atoms with Crippen LogP contribution in [-0.2, 0) is 6.54 Å². The van der Waals surface area contributed by atoms with Crippen LogP contribution in [0.2, 0.25) is 0 Å². The number of piperidine rings is 1. The summed E-state index contributed by atoms with van der Waals surface area (Å²) in [5.41, 5.74) is 2.54. The maximum atomic E-state index is 12.9. The molecule has 138 valence electrons. The van der Waals surface area contributed by atoms with Crippen LogP contribution < -0.4 is 4.90 Å². The van der Waals surface area contributed by atoms with Gasteiger partial charge in [-0.05, 0) is 44.2 Å². The van der Waals surface area contributed by atoms with Crippen molar-refractivity contribution in [1.82, 2.24) is 14.9 Å². The molecule has 5 nitrogen and oxygen atoms in total. The number of benzene rings is 1. The number of aromatic nitrogens is 2. The van der Waals surface area contributed by atoms with Gasteiger partial charge in [-0.15, -0.1) is 0 Å². The summed E-state index contributed by atoms with van der Waals surface area (Å²) in [6.07, 6.45) is 2.13. The fourth-order valence-electron chi connectivity index (χ4n) is 3.31. The van der Waals surface area contributed by atoms with Gasteiger partial charge in [0.05, 0.1) is 0 Å². The molecule has 0 bridgehead atoms. The van der Waals surface area contributed by atoms with Crippen LogP contribution in [0.3, 0.4) is 0 Å². The minimum Gasteiger partial charge on any atom is -0.337 e. The van der Waals surface area contributed by atoms with E-state index in [0.717, 1.165) is 44.7 Å². The Bertz CT molecular complexity index is 739. The molecular formula is C21H28N4O. The Morgan fingerprint density at radius 2 is 1.88 bits per heavy atom. The third-order valence-corrected chi connectivity index (χ3v) is 5.01. The molecule has 1 aliphatic heterocycles. The molecule has 0 radical (unpaired) electrons. The quantitative estimate of drug-likeness (QED) is 0.823. The van der Waals surface area contributed by atoms with Crippen LogP contribution in [0.5, 0.6) is 0 Å². The van der Waals surface area contributed by atoms with Crippen LogP contribution in [0.15, 0.2) is 36.4 Å². The topological polar surface area (TPSA) is 49.3 Å². The average molecular weight is 352 g/mol. The van der Waals surface area contributed by atoms with E-state index in [1.165, 1.54) is 5.56 Å². The van der Waals surface area contributed by atoms with E-state index in [2.05, 4.69) is 40.8 Å². The standard InChI is InChI=1S/C21H28N4O/c1-4-24(15-18-8-6-5-7-9-18)21-22-17(3)14-19(23-21)20(26)25-12-10-16(2)11-13-25/h5-9,14,16H,4,10-13,15H2,1-3H3. The molecule has 1 amide bonds. The lowest BCUT2D eigenvalue weighted by Gasteiger charge is -2.30. The highest BCUT2D eigenvalue weighted by atomic mass is 16.2. The molecule has 0 atom stereocenters. The van der Waals surface area contributed by atoms with Gasteiger partial charge in [-0.1, -0.05) is 37.3 Å². The van der Waals surface area contributed by atoms with E-state index in [9.17, 15) is 4.79 Å². The summed E-state index contributed by atoms with van der Waals surface area (Å²) in [5, 5.41) is 0. The fraction of sp³-hybridized carbons (Fsp3) is 0.476. The Morgan fingerprint density at radius 3 is 2.54 bits per heavy atom. The number of aryl methyl sites for hydroxylation is 1. The van der Waals surface area contributed by atoms with Gasteiger partial charge in [0.15, 0.2) is 0 Å². The zero-order valence-electron chi connectivity index (χ0n) is 16.0. The van der Waals surface area contributed by atoms with Crippen LogP contribution in [0.25, 0.3) is 0 Å². The van der Waals surface area contributed by atoms with Crippen molar-refractivity contribution in [3.8, 4) is 0 Å². The van der Waals surface area contributed by atoms with Gasteiger partial charge in [0, 0.05) is 31.9 Å². The number of likely N-dealkylation sites (tertiary alicyclic amines) is 1. The highest BCUT2D eigenvalue weighted by Crippen LogP contribution is 2.19. The Labute approximate surface area is 156 Å². The lowest BCUT2D eigenvalue weighted by molar-refractivity contribution is 0.0691. The maximum absolute atomic E-state index is 12.9. The lowest BCUT2D eigenvalue weighted by atomic mass is 9.99. The van der Waals surface area contributed by atoms with E-state index in [-0.39, 0.29) is 5.91 Å². The summed E-state index contributed by atoms with van der Waals surface area (Å²) in [7, 11) is 0. The zero-order valence-corrected chi connectivity index (χ0v) is 16.0. The zero-order chi connectivity index (χ0) is 18.5. The molecule has 0 spiro atoms. The Morgan fingerprint density at radius 1 is 1.19 bits per heavy atom. The largest absolute Gasteiger partial charge is 0.337 e. The maximum Gasteiger partial charge on any atom is 0.272 e. The number of anilines is 1. The molecular weight excluding hydrogens is 324 g/mol. The highest BCUT2D eigenvalue weighted by Gasteiger charge is 2.23. The third-order valence-electron chi connectivity index (χ3n) is 5.01. The third kappa shape index (κ3) is 4.40. The van der Waals surface area contributed by atoms with Gasteiger partial charge in [-0.3, -0.25) is 4.79 Å². The molecule has 1 saturated heterocycles. The molecule has 1 aliphatic rings. The smallest absolute Gasteiger partial charge is 0.272 e. The van der Waals surface area contributed by atoms with Crippen molar-refractivity contribution in [2.75, 3.05) is 24.5 Å². The van der Waals surface area contributed by atoms with Gasteiger partial charge < -0.3 is 9.80 Å². The molecule has 0 aliphatic carbocycles. The van der Waals surface area contributed by atoms with E-state index in [0.29, 0.717) is 17.6 Å². The predicted molar refractivity (Wildman–Crippen MR) is 104 cm³/mol. The normalized spacial score (nSPS) is 15.1. The van der Waals surface area contributed by atoms with Crippen LogP contribution in [0.4, 0.5) is 5.95 Å². The van der Waals surface area contributed by atoms with Gasteiger partial charge in [0.25, 0.3) is 5.91 Å². The SMILES string of the molecule is CCN(Cc1ccccc1)c1nc(C)cc(C(=O)N2CCC(C)CC2)n1. The predicted octanol–water partition coefficient (Wildman–Crippen LogP) is 3.68. The first-order valence-electron chi connectivity index (χ1n) is 9.50. The van der Waals surface area contributed by atoms with E-state index in [4.69, 9.17) is 0 Å². The molecule has 0 N–H and O–H groups in total. The van der Waals surface area contributed by atoms with Crippen LogP contribution >= 0.6 is 0 Å². The first kappa shape index (κ1) is 18.4. The van der Waals surface area contributed by atoms with Crippen molar-refractivity contribution in [2.45, 2.75) is 40.2 Å². The molecule has 2 aromatic rings. The van der Waals surface area contributed by atoms with Gasteiger partial charge in [-0.2, -0.15) is 0 Å². The molecule has 1 aromatic heterocycles. The number of carbonyl (C=O) groups is 1. The van der Waals surface area contributed by atoms with Gasteiger partial charge in [0.2, 0.25) is 5.95 Å². The van der Waals surface area contributed by atoms with Crippen molar-refractivity contribution in [2.24, 2.45) is 5.92 Å². The van der Waals surface area contributed by atoms with Gasteiger partial charge >= 0.3 is 0 Å². The first-order chi connectivity index (χ1) is 12.6. The van der Waals surface area contributed by atoms with Crippen LogP contribution in [0, 0.1) is 12.8 Å². The minimum absolute atomic E-state index is 0.0272. The summed E-state index contributed by atoms with van der Waals surface area (Å²) >= 11 is 0. The van der Waals surface area contributed by atoms with E-state index in [1.807, 2.05) is 30.0 Å². The molecule has 1 fully saturated rings. The summed E-state index contributed by atoms with van der Waals surface area (Å²) < 4.78 is 0. The van der Waals surface area contributed by atoms with Crippen molar-refractivity contribution in [3.05, 3.63) is 53.3 Å². The second kappa shape index (κ2) is 8.30. The van der Waals surface area contributed by atoms with E-state index < -0.39 is 0 Å². The summed E-state index contributed by atoms with van der Waals surface area (Å²) in [6.45, 7) is 9.42. The summed E-state index contributed by atoms with van der Waals surface area (Å²) in [6, 6.07) is 12.1. The van der Waals surface area contributed by atoms with Crippen molar-refractivity contribution < 1.29 is 4.79 Å². The lowest BCUT2D eigenvalue weighted by Crippen LogP contribution is -2.38. The number of hydrogen-bond donors (Lipinski definition) is 0. The van der Waals surface area contributed by atoms with Crippen LogP contribution in [0.1, 0.15) is 48.4 Å². The molecule has 0 saturated carbocycles. The second-order valence-corrected chi connectivity index (χ2v) is 7.17. The fourth-order valence-corrected chi connectivity index (χ4v) is 3.31. The average Bonchev–Trinajstić information content (AvgIpc) is 2.66. The number of nitrogens with zero attached hydrogens (tertiary/aromatic N) is 4. The Balaban J connectivity index is 1.81. The molecule has 5 heteroatoms. The first-order valence-corrected chi connectivity index (χ1v) is 9.50. The monoisotopic (exact) mass is 352 g/mol. The summed E-state index contributed by atoms with van der Waals surface area (Å²) in [4.78, 5) is 26.1. The number of hydrogen-bond acceptors (Lipinski definition) is 4. The number of carbonyl (C=O) groups excluding carboxylic acids is 1. The van der Waals surface area contributed by atoms with Crippen LogP contribution in [-0.4, -0.2) is 40.4 Å². The molecule has 0 unspecified atom stereocenters. The van der Waals surface area contributed by atoms with Gasteiger partial charge in [-0.25, -0.2) is 9.97 Å². The molecule has 2 heterocycles. The number of rotatable bonds is 5. The van der Waals surface area contributed by atoms with Crippen molar-refractivity contribution >= 4 is 11.9 Å². The molecule has 26 heavy (non-hydrogen) atoms. The Hall–Kier alpha value is -2.43. The van der Waals surface area contributed by atoms with Crippen molar-refractivity contribution in [1.29, 1.82) is 0 Å². The van der Waals surface area contributed by atoms with E-state index in [1.54, 1.807) is 6.07 Å². The van der Waals surface area contributed by atoms with E-state index >= 15 is 0 Å².